The molecule has 7 nitrogen and oxygen atoms in total. The maximum atomic E-state index is 15.6. The van der Waals surface area contributed by atoms with Crippen LogP contribution in [0.2, 0.25) is 0 Å². The minimum absolute atomic E-state index is 0.00632. The van der Waals surface area contributed by atoms with Gasteiger partial charge in [-0.2, -0.15) is 17.4 Å². The van der Waals surface area contributed by atoms with E-state index in [1.165, 1.54) is 31.1 Å². The van der Waals surface area contributed by atoms with Gasteiger partial charge in [-0.3, -0.25) is 4.79 Å². The first-order chi connectivity index (χ1) is 16.4. The molecule has 0 spiro atoms. The highest BCUT2D eigenvalue weighted by Crippen LogP contribution is 2.52. The van der Waals surface area contributed by atoms with E-state index in [1.807, 2.05) is 0 Å². The molecule has 3 aliphatic rings. The zero-order valence-electron chi connectivity index (χ0n) is 19.2. The number of carbonyl (C=O) groups excluding carboxylic acids is 1. The Bertz CT molecular complexity index is 1280. The molecule has 1 aliphatic heterocycles. The van der Waals surface area contributed by atoms with E-state index in [0.29, 0.717) is 25.3 Å². The zero-order chi connectivity index (χ0) is 25.3. The standard InChI is InChI=1S/C24H26F3N3O4S/c1-29(2)35(33,34)28-22-18-12-19(18)30(23(31)24(32)6-7-24)20(22)10-13-4-3-5-17(21(13)27)14-8-15(25)11-16(26)9-14/h3-5,8-9,11,18-20,22,28,32H,6-7,10,12H2,1-2H3/t18-,19+,20+,22+/m0/s1. The summed E-state index contributed by atoms with van der Waals surface area (Å²) in [5.41, 5.74) is -1.26. The number of nitrogens with one attached hydrogen (secondary N) is 1. The van der Waals surface area contributed by atoms with Crippen molar-refractivity contribution in [2.45, 2.75) is 49.4 Å². The van der Waals surface area contributed by atoms with Crippen LogP contribution in [0.25, 0.3) is 11.1 Å². The molecule has 1 amide bonds. The highest BCUT2D eigenvalue weighted by Gasteiger charge is 2.64. The molecule has 1 heterocycles. The van der Waals surface area contributed by atoms with Crippen molar-refractivity contribution in [1.82, 2.24) is 13.9 Å². The van der Waals surface area contributed by atoms with Gasteiger partial charge >= 0.3 is 0 Å². The Morgan fingerprint density at radius 1 is 1.17 bits per heavy atom. The van der Waals surface area contributed by atoms with Gasteiger partial charge in [-0.25, -0.2) is 13.2 Å². The van der Waals surface area contributed by atoms with Gasteiger partial charge in [0.05, 0.1) is 6.04 Å². The number of halogens is 3. The molecule has 11 heteroatoms. The Balaban J connectivity index is 1.51. The van der Waals surface area contributed by atoms with Crippen LogP contribution in [-0.2, 0) is 21.4 Å². The molecule has 5 rings (SSSR count). The van der Waals surface area contributed by atoms with Crippen LogP contribution in [0.1, 0.15) is 24.8 Å². The fourth-order valence-electron chi connectivity index (χ4n) is 5.05. The van der Waals surface area contributed by atoms with Gasteiger partial charge in [0.25, 0.3) is 16.1 Å². The van der Waals surface area contributed by atoms with Crippen LogP contribution < -0.4 is 4.72 Å². The first kappa shape index (κ1) is 24.2. The summed E-state index contributed by atoms with van der Waals surface area (Å²) in [5.74, 6) is -3.00. The monoisotopic (exact) mass is 509 g/mol. The third-order valence-electron chi connectivity index (χ3n) is 7.20. The number of carbonyl (C=O) groups is 1. The van der Waals surface area contributed by atoms with Gasteiger partial charge in [-0.1, -0.05) is 18.2 Å². The number of likely N-dealkylation sites (tertiary alicyclic amines) is 1. The zero-order valence-corrected chi connectivity index (χ0v) is 20.0. The smallest absolute Gasteiger partial charge is 0.279 e. The molecular weight excluding hydrogens is 483 g/mol. The minimum Gasteiger partial charge on any atom is -0.380 e. The fourth-order valence-corrected chi connectivity index (χ4v) is 5.93. The summed E-state index contributed by atoms with van der Waals surface area (Å²) in [6, 6.07) is 5.56. The van der Waals surface area contributed by atoms with Crippen molar-refractivity contribution in [3.05, 3.63) is 59.4 Å². The summed E-state index contributed by atoms with van der Waals surface area (Å²) in [4.78, 5) is 14.7. The number of fused-ring (bicyclic) bond motifs is 1. The Morgan fingerprint density at radius 3 is 2.43 bits per heavy atom. The number of rotatable bonds is 7. The number of nitrogens with zero attached hydrogens (tertiary/aromatic N) is 2. The summed E-state index contributed by atoms with van der Waals surface area (Å²) in [6.07, 6.45) is 1.21. The van der Waals surface area contributed by atoms with Crippen molar-refractivity contribution < 1.29 is 31.5 Å². The Labute approximate surface area is 201 Å². The van der Waals surface area contributed by atoms with Gasteiger partial charge < -0.3 is 10.0 Å². The molecule has 2 saturated carbocycles. The molecule has 0 radical (unpaired) electrons. The van der Waals surface area contributed by atoms with Crippen LogP contribution in [-0.4, -0.2) is 66.5 Å². The molecule has 3 fully saturated rings. The van der Waals surface area contributed by atoms with Gasteiger partial charge in [-0.05, 0) is 54.9 Å². The normalized spacial score (nSPS) is 26.7. The van der Waals surface area contributed by atoms with Gasteiger partial charge in [0.2, 0.25) is 0 Å². The second-order valence-corrected chi connectivity index (χ2v) is 11.8. The van der Waals surface area contributed by atoms with Crippen molar-refractivity contribution in [3.63, 3.8) is 0 Å². The van der Waals surface area contributed by atoms with E-state index in [4.69, 9.17) is 0 Å². The molecule has 2 aromatic carbocycles. The Morgan fingerprint density at radius 2 is 1.83 bits per heavy atom. The molecule has 2 aromatic rings. The second kappa shape index (κ2) is 8.29. The van der Waals surface area contributed by atoms with Crippen LogP contribution in [0.3, 0.4) is 0 Å². The predicted octanol–water partition coefficient (Wildman–Crippen LogP) is 2.20. The first-order valence-corrected chi connectivity index (χ1v) is 12.8. The van der Waals surface area contributed by atoms with Crippen molar-refractivity contribution >= 4 is 16.1 Å². The van der Waals surface area contributed by atoms with E-state index >= 15 is 4.39 Å². The highest BCUT2D eigenvalue weighted by molar-refractivity contribution is 7.87. The number of hydrogen-bond donors (Lipinski definition) is 2. The third-order valence-corrected chi connectivity index (χ3v) is 8.73. The van der Waals surface area contributed by atoms with E-state index in [9.17, 15) is 27.1 Å². The summed E-state index contributed by atoms with van der Waals surface area (Å²) < 4.78 is 72.0. The average Bonchev–Trinajstić information content (AvgIpc) is 3.68. The van der Waals surface area contributed by atoms with Crippen LogP contribution in [0.4, 0.5) is 13.2 Å². The predicted molar refractivity (Wildman–Crippen MR) is 122 cm³/mol. The van der Waals surface area contributed by atoms with Gasteiger partial charge in [-0.15, -0.1) is 0 Å². The Hall–Kier alpha value is -2.47. The molecule has 2 aliphatic carbocycles. The summed E-state index contributed by atoms with van der Waals surface area (Å²) in [5, 5.41) is 10.5. The van der Waals surface area contributed by atoms with E-state index in [1.54, 1.807) is 6.07 Å². The Kier molecular flexibility index (Phi) is 5.74. The lowest BCUT2D eigenvalue weighted by molar-refractivity contribution is -0.144. The van der Waals surface area contributed by atoms with Crippen molar-refractivity contribution in [3.8, 4) is 11.1 Å². The number of benzene rings is 2. The SMILES string of the molecule is CN(C)S(=O)(=O)N[C@@H]1[C@H]2C[C@H]2N(C(=O)C2(O)CC2)[C@@H]1Cc1cccc(-c2cc(F)cc(F)c2)c1F. The topological polar surface area (TPSA) is 90.0 Å². The number of amides is 1. The van der Waals surface area contributed by atoms with Crippen LogP contribution in [0.15, 0.2) is 36.4 Å². The minimum atomic E-state index is -3.85. The lowest BCUT2D eigenvalue weighted by Crippen LogP contribution is -2.55. The fraction of sp³-hybridized carbons (Fsp3) is 0.458. The van der Waals surface area contributed by atoms with Crippen LogP contribution >= 0.6 is 0 Å². The van der Waals surface area contributed by atoms with Gasteiger partial charge in [0.1, 0.15) is 23.1 Å². The first-order valence-electron chi connectivity index (χ1n) is 11.4. The van der Waals surface area contributed by atoms with E-state index in [2.05, 4.69) is 4.72 Å². The summed E-state index contributed by atoms with van der Waals surface area (Å²) in [6.45, 7) is 0. The van der Waals surface area contributed by atoms with Gasteiger partial charge in [0.15, 0.2) is 0 Å². The van der Waals surface area contributed by atoms with Crippen molar-refractivity contribution in [1.29, 1.82) is 0 Å². The molecule has 4 atom stereocenters. The molecule has 188 valence electrons. The van der Waals surface area contributed by atoms with Crippen LogP contribution in [0.5, 0.6) is 0 Å². The lowest BCUT2D eigenvalue weighted by Gasteiger charge is -2.34. The van der Waals surface area contributed by atoms with Crippen molar-refractivity contribution in [2.24, 2.45) is 5.92 Å². The summed E-state index contributed by atoms with van der Waals surface area (Å²) >= 11 is 0. The van der Waals surface area contributed by atoms with E-state index in [0.717, 1.165) is 16.4 Å². The average molecular weight is 510 g/mol. The molecule has 1 saturated heterocycles. The van der Waals surface area contributed by atoms with E-state index < -0.39 is 51.3 Å². The van der Waals surface area contributed by atoms with E-state index in [-0.39, 0.29) is 35.1 Å². The quantitative estimate of drug-likeness (QED) is 0.599. The molecular formula is C24H26F3N3O4S. The van der Waals surface area contributed by atoms with Crippen molar-refractivity contribution in [2.75, 3.05) is 14.1 Å². The number of piperidine rings is 1. The van der Waals surface area contributed by atoms with Gasteiger partial charge in [0, 0.05) is 37.8 Å². The maximum absolute atomic E-state index is 15.6. The largest absolute Gasteiger partial charge is 0.380 e. The molecule has 0 aromatic heterocycles. The summed E-state index contributed by atoms with van der Waals surface area (Å²) in [7, 11) is -1.08. The van der Waals surface area contributed by atoms with Crippen LogP contribution in [0, 0.1) is 23.4 Å². The molecule has 35 heavy (non-hydrogen) atoms. The lowest BCUT2D eigenvalue weighted by atomic mass is 9.94. The second-order valence-electron chi connectivity index (χ2n) is 9.85. The highest BCUT2D eigenvalue weighted by atomic mass is 32.2. The molecule has 0 bridgehead atoms. The maximum Gasteiger partial charge on any atom is 0.279 e. The molecule has 2 N–H and O–H groups in total. The number of aliphatic hydroxyl groups is 1. The molecule has 0 unspecified atom stereocenters. The number of hydrogen-bond acceptors (Lipinski definition) is 4. The third kappa shape index (κ3) is 4.35.